The van der Waals surface area contributed by atoms with Gasteiger partial charge in [-0.15, -0.1) is 0 Å². The fraction of sp³-hybridized carbons (Fsp3) is 0.724. The highest BCUT2D eigenvalue weighted by atomic mass is 16.6. The molecule has 2 N–H and O–H groups in total. The molecule has 202 valence electrons. The Morgan fingerprint density at radius 1 is 0.800 bits per heavy atom. The van der Waals surface area contributed by atoms with Crippen LogP contribution in [0.5, 0.6) is 0 Å². The van der Waals surface area contributed by atoms with Crippen LogP contribution in [0.1, 0.15) is 110 Å². The van der Waals surface area contributed by atoms with Crippen molar-refractivity contribution in [3.8, 4) is 0 Å². The summed E-state index contributed by atoms with van der Waals surface area (Å²) in [6, 6.07) is 0. The topological polar surface area (TPSA) is 93.1 Å². The number of allylic oxidation sites excluding steroid dienone is 5. The lowest BCUT2D eigenvalue weighted by Gasteiger charge is -2.15. The van der Waals surface area contributed by atoms with Crippen LogP contribution in [0.2, 0.25) is 0 Å². The predicted molar refractivity (Wildman–Crippen MR) is 142 cm³/mol. The van der Waals surface area contributed by atoms with Gasteiger partial charge in [0.05, 0.1) is 12.7 Å². The van der Waals surface area contributed by atoms with E-state index >= 15 is 0 Å². The average Bonchev–Trinajstić information content (AvgIpc) is 2.85. The third-order valence-electron chi connectivity index (χ3n) is 5.55. The largest absolute Gasteiger partial charge is 0.462 e. The molecule has 6 nitrogen and oxygen atoms in total. The zero-order valence-corrected chi connectivity index (χ0v) is 22.2. The lowest BCUT2D eigenvalue weighted by atomic mass is 10.1. The molecule has 0 radical (unpaired) electrons. The van der Waals surface area contributed by atoms with Crippen molar-refractivity contribution in [2.24, 2.45) is 0 Å². The van der Waals surface area contributed by atoms with Gasteiger partial charge in [0.1, 0.15) is 6.61 Å². The third-order valence-corrected chi connectivity index (χ3v) is 5.55. The Kier molecular flexibility index (Phi) is 23.8. The summed E-state index contributed by atoms with van der Waals surface area (Å²) in [5.41, 5.74) is 0. The highest BCUT2D eigenvalue weighted by molar-refractivity contribution is 5.70. The molecule has 0 heterocycles. The Labute approximate surface area is 213 Å². The Morgan fingerprint density at radius 2 is 1.46 bits per heavy atom. The number of carbonyl (C=O) groups is 2. The molecule has 0 aromatic heterocycles. The van der Waals surface area contributed by atoms with E-state index in [1.54, 1.807) is 0 Å². The van der Waals surface area contributed by atoms with E-state index in [1.165, 1.54) is 6.42 Å². The van der Waals surface area contributed by atoms with E-state index < -0.39 is 12.2 Å². The van der Waals surface area contributed by atoms with Crippen LogP contribution in [0.25, 0.3) is 0 Å². The van der Waals surface area contributed by atoms with Crippen molar-refractivity contribution in [3.05, 3.63) is 36.5 Å². The fourth-order valence-corrected chi connectivity index (χ4v) is 3.44. The second kappa shape index (κ2) is 25.2. The first kappa shape index (κ1) is 33.1. The van der Waals surface area contributed by atoms with Crippen molar-refractivity contribution in [3.63, 3.8) is 0 Å². The Hall–Kier alpha value is -1.92. The van der Waals surface area contributed by atoms with Crippen molar-refractivity contribution < 1.29 is 29.3 Å². The quantitative estimate of drug-likeness (QED) is 0.0743. The lowest BCUT2D eigenvalue weighted by molar-refractivity contribution is -0.161. The maximum absolute atomic E-state index is 12.0. The number of hydrogen-bond acceptors (Lipinski definition) is 6. The molecule has 0 spiro atoms. The Balaban J connectivity index is 3.75. The zero-order chi connectivity index (χ0) is 26.0. The van der Waals surface area contributed by atoms with Crippen molar-refractivity contribution >= 4 is 11.9 Å². The van der Waals surface area contributed by atoms with E-state index in [4.69, 9.17) is 9.47 Å². The van der Waals surface area contributed by atoms with Crippen LogP contribution in [0.15, 0.2) is 36.5 Å². The van der Waals surface area contributed by atoms with Gasteiger partial charge in [0.2, 0.25) is 0 Å². The second-order valence-electron chi connectivity index (χ2n) is 8.94. The number of rotatable bonds is 23. The minimum Gasteiger partial charge on any atom is -0.462 e. The number of ether oxygens (including phenoxy) is 2. The molecule has 0 saturated carbocycles. The van der Waals surface area contributed by atoms with E-state index in [2.05, 4.69) is 32.1 Å². The van der Waals surface area contributed by atoms with Crippen molar-refractivity contribution in [2.75, 3.05) is 13.2 Å². The van der Waals surface area contributed by atoms with Crippen molar-refractivity contribution in [1.82, 2.24) is 0 Å². The van der Waals surface area contributed by atoms with Gasteiger partial charge in [-0.25, -0.2) is 0 Å². The first-order valence-corrected chi connectivity index (χ1v) is 13.7. The summed E-state index contributed by atoms with van der Waals surface area (Å²) in [7, 11) is 0. The first-order chi connectivity index (χ1) is 17.0. The van der Waals surface area contributed by atoms with Crippen LogP contribution in [-0.2, 0) is 19.1 Å². The molecule has 0 amide bonds. The summed E-state index contributed by atoms with van der Waals surface area (Å²) in [6.07, 6.45) is 23.9. The summed E-state index contributed by atoms with van der Waals surface area (Å²) in [5, 5.41) is 19.4. The highest BCUT2D eigenvalue weighted by Crippen LogP contribution is 2.11. The molecule has 6 heteroatoms. The van der Waals surface area contributed by atoms with Gasteiger partial charge in [-0.1, -0.05) is 102 Å². The van der Waals surface area contributed by atoms with Crippen LogP contribution in [0.3, 0.4) is 0 Å². The highest BCUT2D eigenvalue weighted by Gasteiger charge is 2.16. The van der Waals surface area contributed by atoms with E-state index in [1.807, 2.05) is 18.2 Å². The van der Waals surface area contributed by atoms with Gasteiger partial charge in [0, 0.05) is 12.8 Å². The summed E-state index contributed by atoms with van der Waals surface area (Å²) >= 11 is 0. The number of carbonyl (C=O) groups excluding carboxylic acids is 2. The van der Waals surface area contributed by atoms with E-state index in [0.717, 1.165) is 70.6 Å². The lowest BCUT2D eigenvalue weighted by Crippen LogP contribution is -2.28. The van der Waals surface area contributed by atoms with Gasteiger partial charge in [0.15, 0.2) is 6.10 Å². The molecule has 0 rings (SSSR count). The van der Waals surface area contributed by atoms with Crippen LogP contribution in [0, 0.1) is 0 Å². The number of aliphatic hydroxyl groups excluding tert-OH is 2. The number of esters is 2. The Morgan fingerprint density at radius 3 is 2.14 bits per heavy atom. The SMILES string of the molecule is CC/C=C/C/C=C/C=C/C(O)CCCCCCCC(=O)O[C@@H](CO)COC(=O)CCCCCCC. The van der Waals surface area contributed by atoms with Crippen LogP contribution >= 0.6 is 0 Å². The monoisotopic (exact) mass is 494 g/mol. The van der Waals surface area contributed by atoms with E-state index in [-0.39, 0.29) is 31.6 Å². The summed E-state index contributed by atoms with van der Waals surface area (Å²) in [6.45, 7) is 3.79. The van der Waals surface area contributed by atoms with Gasteiger partial charge in [0.25, 0.3) is 0 Å². The molecule has 0 aliphatic rings. The fourth-order valence-electron chi connectivity index (χ4n) is 3.44. The van der Waals surface area contributed by atoms with Crippen LogP contribution in [0.4, 0.5) is 0 Å². The molecular formula is C29H50O6. The number of unbranched alkanes of at least 4 members (excludes halogenated alkanes) is 8. The smallest absolute Gasteiger partial charge is 0.306 e. The van der Waals surface area contributed by atoms with Crippen molar-refractivity contribution in [2.45, 2.75) is 122 Å². The summed E-state index contributed by atoms with van der Waals surface area (Å²) < 4.78 is 10.4. The van der Waals surface area contributed by atoms with Gasteiger partial charge in [-0.05, 0) is 32.1 Å². The molecule has 0 aromatic carbocycles. The van der Waals surface area contributed by atoms with E-state index in [9.17, 15) is 19.8 Å². The standard InChI is InChI=1S/C29H50O6/c1-3-5-7-9-10-13-16-20-26(31)21-17-14-11-15-19-23-29(33)35-27(24-30)25-34-28(32)22-18-12-8-6-4-2/h5,7,10,13,16,20,26-27,30-31H,3-4,6,8-9,11-12,14-15,17-19,21-25H2,1-2H3/b7-5+,13-10+,20-16+/t26?,27-/m0/s1. The van der Waals surface area contributed by atoms with Crippen molar-refractivity contribution in [1.29, 1.82) is 0 Å². The molecule has 1 unspecified atom stereocenters. The van der Waals surface area contributed by atoms with Gasteiger partial charge < -0.3 is 19.7 Å². The number of hydrogen-bond donors (Lipinski definition) is 2. The molecule has 0 bridgehead atoms. The minimum atomic E-state index is -0.802. The molecule has 0 aliphatic heterocycles. The Bertz CT molecular complexity index is 596. The average molecular weight is 495 g/mol. The first-order valence-electron chi connectivity index (χ1n) is 13.7. The van der Waals surface area contributed by atoms with Crippen LogP contribution < -0.4 is 0 Å². The van der Waals surface area contributed by atoms with E-state index in [0.29, 0.717) is 12.8 Å². The maximum atomic E-state index is 12.0. The van der Waals surface area contributed by atoms with Gasteiger partial charge in [-0.3, -0.25) is 9.59 Å². The third kappa shape index (κ3) is 23.6. The minimum absolute atomic E-state index is 0.0987. The second-order valence-corrected chi connectivity index (χ2v) is 8.94. The van der Waals surface area contributed by atoms with Gasteiger partial charge >= 0.3 is 11.9 Å². The number of aliphatic hydroxyl groups is 2. The molecule has 35 heavy (non-hydrogen) atoms. The molecule has 0 aliphatic carbocycles. The zero-order valence-electron chi connectivity index (χ0n) is 22.2. The predicted octanol–water partition coefficient (Wildman–Crippen LogP) is 6.35. The molecule has 0 aromatic rings. The normalized spacial score (nSPS) is 13.6. The molecule has 0 fully saturated rings. The molecule has 0 saturated heterocycles. The van der Waals surface area contributed by atoms with Crippen LogP contribution in [-0.4, -0.2) is 47.6 Å². The molecular weight excluding hydrogens is 444 g/mol. The summed E-state index contributed by atoms with van der Waals surface area (Å²) in [5.74, 6) is -0.689. The molecule has 2 atom stereocenters. The summed E-state index contributed by atoms with van der Waals surface area (Å²) in [4.78, 5) is 23.7. The van der Waals surface area contributed by atoms with Gasteiger partial charge in [-0.2, -0.15) is 0 Å². The maximum Gasteiger partial charge on any atom is 0.306 e.